The summed E-state index contributed by atoms with van der Waals surface area (Å²) in [6.45, 7) is 6.05. The number of benzene rings is 1. The highest BCUT2D eigenvalue weighted by Gasteiger charge is 2.54. The van der Waals surface area contributed by atoms with Crippen molar-refractivity contribution in [3.05, 3.63) is 41.5 Å². The summed E-state index contributed by atoms with van der Waals surface area (Å²) < 4.78 is 0. The van der Waals surface area contributed by atoms with Crippen molar-refractivity contribution in [3.63, 3.8) is 0 Å². The van der Waals surface area contributed by atoms with Gasteiger partial charge < -0.3 is 5.11 Å². The van der Waals surface area contributed by atoms with Gasteiger partial charge in [0.15, 0.2) is 0 Å². The first kappa shape index (κ1) is 16.9. The van der Waals surface area contributed by atoms with Crippen LogP contribution in [0.1, 0.15) is 74.5 Å². The molecule has 3 aliphatic rings. The van der Waals surface area contributed by atoms with Crippen molar-refractivity contribution in [2.24, 2.45) is 17.3 Å². The van der Waals surface area contributed by atoms with Gasteiger partial charge in [-0.25, -0.2) is 0 Å². The van der Waals surface area contributed by atoms with Crippen LogP contribution < -0.4 is 0 Å². The first-order valence-corrected chi connectivity index (χ1v) is 10.1. The van der Waals surface area contributed by atoms with Gasteiger partial charge in [0, 0.05) is 11.8 Å². The monoisotopic (exact) mass is 338 g/mol. The molecule has 1 aromatic rings. The Kier molecular flexibility index (Phi) is 4.25. The van der Waals surface area contributed by atoms with E-state index >= 15 is 0 Å². The summed E-state index contributed by atoms with van der Waals surface area (Å²) in [5, 5.41) is 10.3. The molecule has 2 heteroatoms. The fraction of sp³-hybridized carbons (Fsp3) is 0.609. The molecule has 2 fully saturated rings. The van der Waals surface area contributed by atoms with E-state index in [9.17, 15) is 9.90 Å². The molecule has 1 N–H and O–H groups in total. The van der Waals surface area contributed by atoms with Crippen LogP contribution in [0.25, 0.3) is 0 Å². The smallest absolute Gasteiger partial charge is 0.139 e. The summed E-state index contributed by atoms with van der Waals surface area (Å²) in [4.78, 5) is 12.8. The van der Waals surface area contributed by atoms with Gasteiger partial charge in [-0.05, 0) is 91.9 Å². The van der Waals surface area contributed by atoms with Crippen molar-refractivity contribution in [1.29, 1.82) is 0 Å². The van der Waals surface area contributed by atoms with Gasteiger partial charge in [-0.15, -0.1) is 6.58 Å². The van der Waals surface area contributed by atoms with Crippen LogP contribution in [0.15, 0.2) is 24.8 Å². The lowest BCUT2D eigenvalue weighted by Gasteiger charge is -2.54. The minimum Gasteiger partial charge on any atom is -0.508 e. The molecule has 0 aliphatic heterocycles. The normalized spacial score (nSPS) is 34.0. The largest absolute Gasteiger partial charge is 0.508 e. The van der Waals surface area contributed by atoms with Gasteiger partial charge in [0.1, 0.15) is 11.5 Å². The molecule has 1 aromatic carbocycles. The third-order valence-electron chi connectivity index (χ3n) is 7.60. The van der Waals surface area contributed by atoms with E-state index in [0.717, 1.165) is 50.5 Å². The Hall–Kier alpha value is -1.57. The van der Waals surface area contributed by atoms with E-state index in [-0.39, 0.29) is 5.41 Å². The average Bonchev–Trinajstić information content (AvgIpc) is 2.62. The highest BCUT2D eigenvalue weighted by Crippen LogP contribution is 2.60. The number of aromatic hydroxyl groups is 1. The second-order valence-corrected chi connectivity index (χ2v) is 8.45. The number of hydrogen-bond acceptors (Lipinski definition) is 2. The van der Waals surface area contributed by atoms with E-state index in [1.807, 2.05) is 12.1 Å². The van der Waals surface area contributed by atoms with Crippen molar-refractivity contribution in [3.8, 4) is 5.75 Å². The van der Waals surface area contributed by atoms with Gasteiger partial charge in [-0.2, -0.15) is 0 Å². The fourth-order valence-corrected chi connectivity index (χ4v) is 6.39. The zero-order chi connectivity index (χ0) is 17.6. The predicted octanol–water partition coefficient (Wildman–Crippen LogP) is 5.33. The number of aryl methyl sites for hydroxylation is 1. The van der Waals surface area contributed by atoms with Crippen LogP contribution in [-0.4, -0.2) is 10.9 Å². The maximum Gasteiger partial charge on any atom is 0.139 e. The minimum atomic E-state index is -0.0300. The number of rotatable bonds is 3. The van der Waals surface area contributed by atoms with Gasteiger partial charge in [0.2, 0.25) is 0 Å². The number of hydrogen-bond donors (Lipinski definition) is 1. The summed E-state index contributed by atoms with van der Waals surface area (Å²) >= 11 is 0. The van der Waals surface area contributed by atoms with Crippen LogP contribution in [0.3, 0.4) is 0 Å². The third kappa shape index (κ3) is 2.48. The number of Topliss-reactive ketones (excluding diaryl/α,β-unsaturated/α-hetero) is 1. The standard InChI is InChI=1S/C23H30O2/c1-3-6-16-13-19-15(14-21(16)24)9-10-18-17(19)11-12-23(4-2)20(18)7-5-8-22(23)25/h3,13-14,17-18,20,24H,1,4-12H2,2H3/t17-,18+,20-,23-/m0/s1. The maximum atomic E-state index is 12.8. The molecule has 0 radical (unpaired) electrons. The van der Waals surface area contributed by atoms with Crippen molar-refractivity contribution >= 4 is 5.78 Å². The number of phenols is 1. The number of ketones is 1. The second kappa shape index (κ2) is 6.30. The Morgan fingerprint density at radius 3 is 2.88 bits per heavy atom. The summed E-state index contributed by atoms with van der Waals surface area (Å²) in [5.74, 6) is 2.76. The van der Waals surface area contributed by atoms with Crippen LogP contribution in [0.4, 0.5) is 0 Å². The average molecular weight is 338 g/mol. The molecule has 2 saturated carbocycles. The molecule has 2 nitrogen and oxygen atoms in total. The van der Waals surface area contributed by atoms with E-state index in [4.69, 9.17) is 0 Å². The number of phenolic OH excluding ortho intramolecular Hbond substituents is 1. The zero-order valence-corrected chi connectivity index (χ0v) is 15.4. The first-order valence-electron chi connectivity index (χ1n) is 10.1. The van der Waals surface area contributed by atoms with Gasteiger partial charge >= 0.3 is 0 Å². The highest BCUT2D eigenvalue weighted by molar-refractivity contribution is 5.86. The summed E-state index contributed by atoms with van der Waals surface area (Å²) in [5.41, 5.74) is 3.75. The van der Waals surface area contributed by atoms with E-state index in [2.05, 4.69) is 19.6 Å². The zero-order valence-electron chi connectivity index (χ0n) is 15.4. The SMILES string of the molecule is C=CCc1cc2c(cc1O)CC[C@@H]1[C@@H]2CC[C@]2(CC)C(=O)CCC[C@@H]12. The Bertz CT molecular complexity index is 704. The number of allylic oxidation sites excluding steroid dienone is 1. The molecule has 0 bridgehead atoms. The molecule has 0 amide bonds. The molecular weight excluding hydrogens is 308 g/mol. The quantitative estimate of drug-likeness (QED) is 0.757. The van der Waals surface area contributed by atoms with E-state index in [1.54, 1.807) is 0 Å². The van der Waals surface area contributed by atoms with Crippen LogP contribution >= 0.6 is 0 Å². The summed E-state index contributed by atoms with van der Waals surface area (Å²) in [7, 11) is 0. The lowest BCUT2D eigenvalue weighted by Crippen LogP contribution is -2.50. The molecule has 25 heavy (non-hydrogen) atoms. The summed E-state index contributed by atoms with van der Waals surface area (Å²) in [6, 6.07) is 4.24. The van der Waals surface area contributed by atoms with Crippen LogP contribution in [0.5, 0.6) is 5.75 Å². The van der Waals surface area contributed by atoms with Crippen LogP contribution in [0.2, 0.25) is 0 Å². The number of carbonyl (C=O) groups excluding carboxylic acids is 1. The lowest BCUT2D eigenvalue weighted by molar-refractivity contribution is -0.142. The Balaban J connectivity index is 1.72. The summed E-state index contributed by atoms with van der Waals surface area (Å²) in [6.07, 6.45) is 11.1. The van der Waals surface area contributed by atoms with Gasteiger partial charge in [0.25, 0.3) is 0 Å². The van der Waals surface area contributed by atoms with Gasteiger partial charge in [-0.1, -0.05) is 19.1 Å². The third-order valence-corrected chi connectivity index (χ3v) is 7.60. The molecule has 0 spiro atoms. The van der Waals surface area contributed by atoms with Crippen molar-refractivity contribution in [2.75, 3.05) is 0 Å². The Morgan fingerprint density at radius 1 is 1.28 bits per heavy atom. The van der Waals surface area contributed by atoms with Crippen LogP contribution in [0, 0.1) is 17.3 Å². The molecule has 0 aromatic heterocycles. The lowest BCUT2D eigenvalue weighted by atomic mass is 9.49. The molecule has 0 saturated heterocycles. The maximum absolute atomic E-state index is 12.8. The van der Waals surface area contributed by atoms with Gasteiger partial charge in [-0.3, -0.25) is 4.79 Å². The molecular formula is C23H30O2. The van der Waals surface area contributed by atoms with E-state index in [1.165, 1.54) is 24.0 Å². The van der Waals surface area contributed by atoms with E-state index in [0.29, 0.717) is 29.3 Å². The van der Waals surface area contributed by atoms with E-state index < -0.39 is 0 Å². The topological polar surface area (TPSA) is 37.3 Å². The second-order valence-electron chi connectivity index (χ2n) is 8.45. The van der Waals surface area contributed by atoms with Gasteiger partial charge in [0.05, 0.1) is 0 Å². The molecule has 4 rings (SSSR count). The van der Waals surface area contributed by atoms with Crippen molar-refractivity contribution < 1.29 is 9.90 Å². The fourth-order valence-electron chi connectivity index (χ4n) is 6.39. The first-order chi connectivity index (χ1) is 12.1. The Labute approximate surface area is 151 Å². The molecule has 0 unspecified atom stereocenters. The predicted molar refractivity (Wildman–Crippen MR) is 101 cm³/mol. The Morgan fingerprint density at radius 2 is 2.12 bits per heavy atom. The minimum absolute atomic E-state index is 0.0300. The molecule has 3 aliphatic carbocycles. The molecule has 0 heterocycles. The number of carbonyl (C=O) groups is 1. The van der Waals surface area contributed by atoms with Crippen molar-refractivity contribution in [1.82, 2.24) is 0 Å². The molecule has 4 atom stereocenters. The highest BCUT2D eigenvalue weighted by atomic mass is 16.3. The number of fused-ring (bicyclic) bond motifs is 5. The van der Waals surface area contributed by atoms with Crippen LogP contribution in [-0.2, 0) is 17.6 Å². The van der Waals surface area contributed by atoms with Crippen molar-refractivity contribution in [2.45, 2.75) is 70.6 Å². The molecule has 134 valence electrons.